The molecule has 7 atom stereocenters. The minimum absolute atomic E-state index is 0.0881. The zero-order valence-corrected chi connectivity index (χ0v) is 25.1. The largest absolute Gasteiger partial charge is 0.469 e. The predicted octanol–water partition coefficient (Wildman–Crippen LogP) is 2.43. The molecule has 45 heavy (non-hydrogen) atoms. The third-order valence-electron chi connectivity index (χ3n) is 9.01. The maximum absolute atomic E-state index is 11.4. The van der Waals surface area contributed by atoms with Gasteiger partial charge in [0.25, 0.3) is 0 Å². The van der Waals surface area contributed by atoms with Gasteiger partial charge >= 0.3 is 7.82 Å². The van der Waals surface area contributed by atoms with Gasteiger partial charge in [0.15, 0.2) is 17.0 Å². The summed E-state index contributed by atoms with van der Waals surface area (Å²) < 4.78 is 23.1. The monoisotopic (exact) mass is 637 g/mol. The molecule has 1 fully saturated rings. The van der Waals surface area contributed by atoms with E-state index in [-0.39, 0.29) is 12.2 Å². The second kappa shape index (κ2) is 11.1. The van der Waals surface area contributed by atoms with Gasteiger partial charge in [0, 0.05) is 6.42 Å². The standard InChI is InChI=1S/C30H32N5O9P/c1-13-15-5-3-4-6-16(15)14(2)22-17(13)7-8-18-23(22)24(27(38)28(39)26(18)37)34-29-25-30(32-11-31-29)35(12-33-25)21-9-19(36)20(44-21)10-43-45(40,41)42/h3-8,11-12,19-21,24,26-28,36-39H,9-10H2,1-2H3,(H,31,32,34)(H2,40,41,42)/t19?,20?,21?,24-,26+,27+,28-/m1/s1. The maximum atomic E-state index is 11.4. The van der Waals surface area contributed by atoms with Crippen LogP contribution in [0.4, 0.5) is 5.82 Å². The van der Waals surface area contributed by atoms with E-state index in [4.69, 9.17) is 14.5 Å². The van der Waals surface area contributed by atoms with E-state index in [1.165, 1.54) is 12.7 Å². The number of aliphatic hydroxyl groups excluding tert-OH is 4. The molecule has 0 spiro atoms. The predicted molar refractivity (Wildman–Crippen MR) is 162 cm³/mol. The fourth-order valence-electron chi connectivity index (χ4n) is 6.78. The molecule has 0 bridgehead atoms. The van der Waals surface area contributed by atoms with Crippen molar-refractivity contribution in [2.24, 2.45) is 0 Å². The molecule has 2 aromatic heterocycles. The van der Waals surface area contributed by atoms with Crippen LogP contribution in [-0.4, -0.2) is 80.8 Å². The van der Waals surface area contributed by atoms with Gasteiger partial charge in [0.05, 0.1) is 25.1 Å². The number of imidazole rings is 1. The smallest absolute Gasteiger partial charge is 0.390 e. The number of aryl methyl sites for hydroxylation is 2. The van der Waals surface area contributed by atoms with E-state index in [1.54, 1.807) is 10.6 Å². The average molecular weight is 638 g/mol. The molecular formula is C30H32N5O9P. The lowest BCUT2D eigenvalue weighted by Gasteiger charge is -2.39. The Morgan fingerprint density at radius 1 is 0.978 bits per heavy atom. The quantitative estimate of drug-likeness (QED) is 0.105. The van der Waals surface area contributed by atoms with Gasteiger partial charge in [-0.25, -0.2) is 19.5 Å². The van der Waals surface area contributed by atoms with E-state index in [2.05, 4.69) is 30.9 Å². The van der Waals surface area contributed by atoms with Crippen molar-refractivity contribution in [3.05, 3.63) is 71.3 Å². The number of aromatic nitrogens is 4. The van der Waals surface area contributed by atoms with Crippen LogP contribution in [0.3, 0.4) is 0 Å². The Bertz CT molecular complexity index is 2000. The number of phosphoric ester groups is 1. The van der Waals surface area contributed by atoms with Crippen LogP contribution < -0.4 is 5.32 Å². The molecule has 236 valence electrons. The summed E-state index contributed by atoms with van der Waals surface area (Å²) in [6, 6.07) is 10.9. The average Bonchev–Trinajstić information content (AvgIpc) is 3.62. The third kappa shape index (κ3) is 4.99. The number of nitrogens with one attached hydrogen (secondary N) is 1. The van der Waals surface area contributed by atoms with Gasteiger partial charge in [-0.2, -0.15) is 0 Å². The van der Waals surface area contributed by atoms with Crippen molar-refractivity contribution < 1.29 is 44.0 Å². The molecule has 2 aliphatic rings. The SMILES string of the molecule is Cc1c2ccccc2c(C)c2c3c(ccc12)[C@H](O)[C@@H](O)[C@@H](O)[C@@H]3Nc1ncnc2c1ncn2C1CC(O)C(COP(=O)(O)O)O1. The second-order valence-electron chi connectivity index (χ2n) is 11.6. The Morgan fingerprint density at radius 2 is 1.71 bits per heavy atom. The van der Waals surface area contributed by atoms with Gasteiger partial charge in [-0.1, -0.05) is 36.4 Å². The molecule has 7 N–H and O–H groups in total. The zero-order valence-electron chi connectivity index (χ0n) is 24.2. The highest BCUT2D eigenvalue weighted by molar-refractivity contribution is 7.46. The molecule has 5 aromatic rings. The molecule has 0 amide bonds. The summed E-state index contributed by atoms with van der Waals surface area (Å²) in [5, 5.41) is 51.1. The van der Waals surface area contributed by atoms with Gasteiger partial charge in [0.1, 0.15) is 37.0 Å². The maximum Gasteiger partial charge on any atom is 0.469 e. The van der Waals surface area contributed by atoms with Crippen molar-refractivity contribution >= 4 is 46.3 Å². The number of fused-ring (bicyclic) bond motifs is 5. The number of benzene rings is 3. The van der Waals surface area contributed by atoms with Gasteiger partial charge in [-0.3, -0.25) is 9.09 Å². The summed E-state index contributed by atoms with van der Waals surface area (Å²) >= 11 is 0. The number of hydrogen-bond donors (Lipinski definition) is 7. The Labute approximate surface area is 256 Å². The number of ether oxygens (including phenoxy) is 1. The van der Waals surface area contributed by atoms with Crippen LogP contribution in [0, 0.1) is 13.8 Å². The summed E-state index contributed by atoms with van der Waals surface area (Å²) in [4.78, 5) is 31.3. The van der Waals surface area contributed by atoms with E-state index in [0.29, 0.717) is 22.3 Å². The van der Waals surface area contributed by atoms with E-state index < -0.39 is 57.2 Å². The molecule has 7 rings (SSSR count). The van der Waals surface area contributed by atoms with Crippen LogP contribution >= 0.6 is 7.82 Å². The first kappa shape index (κ1) is 30.1. The van der Waals surface area contributed by atoms with Crippen molar-refractivity contribution in [1.29, 1.82) is 0 Å². The van der Waals surface area contributed by atoms with E-state index >= 15 is 0 Å². The molecule has 1 saturated heterocycles. The molecule has 14 nitrogen and oxygen atoms in total. The van der Waals surface area contributed by atoms with Crippen molar-refractivity contribution in [3.8, 4) is 0 Å². The number of anilines is 1. The summed E-state index contributed by atoms with van der Waals surface area (Å²) in [5.41, 5.74) is 3.81. The van der Waals surface area contributed by atoms with E-state index in [0.717, 1.165) is 32.7 Å². The van der Waals surface area contributed by atoms with Gasteiger partial charge in [0.2, 0.25) is 0 Å². The van der Waals surface area contributed by atoms with Crippen LogP contribution in [0.1, 0.15) is 47.0 Å². The summed E-state index contributed by atoms with van der Waals surface area (Å²) in [6.07, 6.45) is -4.19. The van der Waals surface area contributed by atoms with Crippen molar-refractivity contribution in [2.75, 3.05) is 11.9 Å². The van der Waals surface area contributed by atoms with Crippen molar-refractivity contribution in [3.63, 3.8) is 0 Å². The lowest BCUT2D eigenvalue weighted by atomic mass is 9.77. The lowest BCUT2D eigenvalue weighted by molar-refractivity contribution is -0.0766. The Morgan fingerprint density at radius 3 is 2.44 bits per heavy atom. The number of hydrogen-bond acceptors (Lipinski definition) is 11. The van der Waals surface area contributed by atoms with Gasteiger partial charge < -0.3 is 40.3 Å². The fraction of sp³-hybridized carbons (Fsp3) is 0.367. The van der Waals surface area contributed by atoms with Crippen LogP contribution in [0.15, 0.2) is 49.1 Å². The Kier molecular flexibility index (Phi) is 7.40. The molecule has 0 radical (unpaired) electrons. The highest BCUT2D eigenvalue weighted by atomic mass is 31.2. The number of nitrogens with zero attached hydrogens (tertiary/aromatic N) is 4. The highest BCUT2D eigenvalue weighted by Gasteiger charge is 2.43. The highest BCUT2D eigenvalue weighted by Crippen LogP contribution is 2.46. The second-order valence-corrected chi connectivity index (χ2v) is 12.8. The lowest BCUT2D eigenvalue weighted by Crippen LogP contribution is -2.44. The molecule has 15 heteroatoms. The first-order valence-corrected chi connectivity index (χ1v) is 15.9. The van der Waals surface area contributed by atoms with E-state index in [9.17, 15) is 25.0 Å². The molecule has 3 heterocycles. The molecule has 1 aliphatic heterocycles. The van der Waals surface area contributed by atoms with Crippen LogP contribution in [0.2, 0.25) is 0 Å². The van der Waals surface area contributed by atoms with Gasteiger partial charge in [-0.05, 0) is 57.6 Å². The number of phosphoric acid groups is 1. The van der Waals surface area contributed by atoms with Gasteiger partial charge in [-0.15, -0.1) is 0 Å². The minimum atomic E-state index is -4.75. The topological polar surface area (TPSA) is 213 Å². The van der Waals surface area contributed by atoms with Crippen LogP contribution in [0.5, 0.6) is 0 Å². The number of rotatable bonds is 6. The summed E-state index contributed by atoms with van der Waals surface area (Å²) in [7, 11) is -4.75. The molecular weight excluding hydrogens is 605 g/mol. The normalized spacial score (nSPS) is 27.0. The first-order chi connectivity index (χ1) is 21.4. The fourth-order valence-corrected chi connectivity index (χ4v) is 7.12. The third-order valence-corrected chi connectivity index (χ3v) is 9.50. The molecule has 0 saturated carbocycles. The van der Waals surface area contributed by atoms with Crippen molar-refractivity contribution in [1.82, 2.24) is 19.5 Å². The molecule has 3 aromatic carbocycles. The van der Waals surface area contributed by atoms with Crippen molar-refractivity contribution in [2.45, 2.75) is 63.1 Å². The number of aliphatic hydroxyl groups is 4. The van der Waals surface area contributed by atoms with Crippen LogP contribution in [0.25, 0.3) is 32.7 Å². The Hall–Kier alpha value is -3.56. The van der Waals surface area contributed by atoms with E-state index in [1.807, 2.05) is 38.1 Å². The van der Waals surface area contributed by atoms with Crippen LogP contribution in [-0.2, 0) is 13.8 Å². The summed E-state index contributed by atoms with van der Waals surface area (Å²) in [6.45, 7) is 3.53. The summed E-state index contributed by atoms with van der Waals surface area (Å²) in [5.74, 6) is 0.254. The Balaban J connectivity index is 1.30. The minimum Gasteiger partial charge on any atom is -0.390 e. The first-order valence-electron chi connectivity index (χ1n) is 14.4. The zero-order chi connectivity index (χ0) is 31.8. The molecule has 3 unspecified atom stereocenters. The molecule has 1 aliphatic carbocycles.